The molecule has 142 valence electrons. The van der Waals surface area contributed by atoms with Crippen molar-refractivity contribution in [1.82, 2.24) is 0 Å². The minimum Gasteiger partial charge on any atom is -0.481 e. The summed E-state index contributed by atoms with van der Waals surface area (Å²) in [7, 11) is 0. The van der Waals surface area contributed by atoms with Gasteiger partial charge in [0.1, 0.15) is 11.5 Å². The molecule has 0 saturated heterocycles. The molecule has 1 aromatic carbocycles. The van der Waals surface area contributed by atoms with Crippen LogP contribution in [0.4, 0.5) is 26.3 Å². The van der Waals surface area contributed by atoms with Crippen molar-refractivity contribution >= 4 is 5.97 Å². The number of rotatable bonds is 7. The number of nitrogens with two attached hydrogens (primary N) is 1. The number of carboxylic acids is 1. The second-order valence-electron chi connectivity index (χ2n) is 5.17. The van der Waals surface area contributed by atoms with E-state index in [0.29, 0.717) is 0 Å². The first kappa shape index (κ1) is 20.9. The molecule has 25 heavy (non-hydrogen) atoms. The van der Waals surface area contributed by atoms with Gasteiger partial charge in [-0.2, -0.15) is 0 Å². The van der Waals surface area contributed by atoms with Crippen molar-refractivity contribution in [2.24, 2.45) is 11.7 Å². The molecule has 0 aliphatic heterocycles. The summed E-state index contributed by atoms with van der Waals surface area (Å²) in [6.07, 6.45) is -10.6. The van der Waals surface area contributed by atoms with Gasteiger partial charge in [0, 0.05) is 12.1 Å². The average molecular weight is 375 g/mol. The molecule has 11 heteroatoms. The molecule has 0 fully saturated rings. The van der Waals surface area contributed by atoms with Crippen LogP contribution < -0.4 is 15.2 Å². The molecule has 0 saturated carbocycles. The van der Waals surface area contributed by atoms with Crippen molar-refractivity contribution in [2.75, 3.05) is 6.54 Å². The Labute approximate surface area is 138 Å². The summed E-state index contributed by atoms with van der Waals surface area (Å²) in [5, 5.41) is 8.98. The summed E-state index contributed by atoms with van der Waals surface area (Å²) >= 11 is 0. The van der Waals surface area contributed by atoms with Gasteiger partial charge in [-0.1, -0.05) is 13.0 Å². The van der Waals surface area contributed by atoms with Gasteiger partial charge in [-0.3, -0.25) is 4.79 Å². The van der Waals surface area contributed by atoms with E-state index in [2.05, 4.69) is 9.47 Å². The van der Waals surface area contributed by atoms with Gasteiger partial charge in [-0.05, 0) is 24.5 Å². The summed E-state index contributed by atoms with van der Waals surface area (Å²) < 4.78 is 82.6. The summed E-state index contributed by atoms with van der Waals surface area (Å²) in [6, 6.07) is 2.54. The van der Waals surface area contributed by atoms with E-state index in [4.69, 9.17) is 10.8 Å². The highest BCUT2D eigenvalue weighted by Crippen LogP contribution is 2.41. The van der Waals surface area contributed by atoms with Crippen molar-refractivity contribution in [3.05, 3.63) is 23.8 Å². The molecular formula is C14H15F6NO4. The minimum atomic E-state index is -5.15. The number of aliphatic carboxylic acids is 1. The van der Waals surface area contributed by atoms with Crippen molar-refractivity contribution in [2.45, 2.75) is 32.0 Å². The molecule has 2 unspecified atom stereocenters. The van der Waals surface area contributed by atoms with Crippen LogP contribution >= 0.6 is 0 Å². The smallest absolute Gasteiger partial charge is 0.481 e. The van der Waals surface area contributed by atoms with Crippen LogP contribution in [0.3, 0.4) is 0 Å². The molecule has 0 heterocycles. The van der Waals surface area contributed by atoms with Gasteiger partial charge in [-0.25, -0.2) is 0 Å². The standard InChI is InChI=1S/C14H15F6NO4/c1-7(5-8(6-21)12(22)23)11-9(24-13(15,16)17)3-2-4-10(11)25-14(18,19)20/h2-4,7-8H,5-6,21H2,1H3,(H,22,23). The molecule has 0 aliphatic carbocycles. The maximum atomic E-state index is 12.5. The molecule has 1 aromatic rings. The third kappa shape index (κ3) is 6.69. The normalized spacial score (nSPS) is 14.7. The SMILES string of the molecule is CC(CC(CN)C(=O)O)c1c(OC(F)(F)F)cccc1OC(F)(F)F. The lowest BCUT2D eigenvalue weighted by molar-refractivity contribution is -0.277. The number of carboxylic acid groups (broad SMARTS) is 1. The van der Waals surface area contributed by atoms with E-state index in [9.17, 15) is 31.1 Å². The maximum absolute atomic E-state index is 12.5. The Morgan fingerprint density at radius 3 is 1.88 bits per heavy atom. The van der Waals surface area contributed by atoms with Crippen LogP contribution in [0.2, 0.25) is 0 Å². The molecule has 0 aromatic heterocycles. The first-order chi connectivity index (χ1) is 11.3. The Balaban J connectivity index is 3.32. The lowest BCUT2D eigenvalue weighted by Crippen LogP contribution is -2.26. The van der Waals surface area contributed by atoms with Gasteiger partial charge in [-0.15, -0.1) is 26.3 Å². The Morgan fingerprint density at radius 1 is 1.12 bits per heavy atom. The predicted octanol–water partition coefficient (Wildman–Crippen LogP) is 3.64. The van der Waals surface area contributed by atoms with Gasteiger partial charge in [0.15, 0.2) is 0 Å². The van der Waals surface area contributed by atoms with Gasteiger partial charge >= 0.3 is 18.7 Å². The Bertz CT molecular complexity index is 568. The quantitative estimate of drug-likeness (QED) is 0.711. The van der Waals surface area contributed by atoms with E-state index in [-0.39, 0.29) is 13.0 Å². The van der Waals surface area contributed by atoms with Crippen LogP contribution in [0.25, 0.3) is 0 Å². The molecule has 0 amide bonds. The highest BCUT2D eigenvalue weighted by atomic mass is 19.4. The molecule has 0 spiro atoms. The summed E-state index contributed by atoms with van der Waals surface area (Å²) in [5.41, 5.74) is 4.73. The van der Waals surface area contributed by atoms with Crippen molar-refractivity contribution < 1.29 is 45.7 Å². The minimum absolute atomic E-state index is 0.307. The highest BCUT2D eigenvalue weighted by Gasteiger charge is 2.37. The molecular weight excluding hydrogens is 360 g/mol. The zero-order valence-electron chi connectivity index (χ0n) is 12.8. The number of hydrogen-bond donors (Lipinski definition) is 2. The van der Waals surface area contributed by atoms with Gasteiger partial charge in [0.2, 0.25) is 0 Å². The zero-order valence-corrected chi connectivity index (χ0v) is 12.8. The number of benzene rings is 1. The maximum Gasteiger partial charge on any atom is 0.573 e. The first-order valence-corrected chi connectivity index (χ1v) is 6.91. The second-order valence-corrected chi connectivity index (χ2v) is 5.17. The molecule has 3 N–H and O–H groups in total. The molecule has 0 radical (unpaired) electrons. The lowest BCUT2D eigenvalue weighted by atomic mass is 9.89. The Morgan fingerprint density at radius 2 is 1.56 bits per heavy atom. The van der Waals surface area contributed by atoms with E-state index in [1.165, 1.54) is 6.92 Å². The topological polar surface area (TPSA) is 81.8 Å². The van der Waals surface area contributed by atoms with E-state index >= 15 is 0 Å². The highest BCUT2D eigenvalue weighted by molar-refractivity contribution is 5.70. The van der Waals surface area contributed by atoms with Gasteiger partial charge in [0.05, 0.1) is 5.92 Å². The molecule has 2 atom stereocenters. The third-order valence-corrected chi connectivity index (χ3v) is 3.24. The number of alkyl halides is 6. The van der Waals surface area contributed by atoms with E-state index in [1.807, 2.05) is 0 Å². The van der Waals surface area contributed by atoms with E-state index < -0.39 is 47.6 Å². The number of carbonyl (C=O) groups is 1. The number of ether oxygens (including phenoxy) is 2. The monoisotopic (exact) mass is 375 g/mol. The molecule has 0 bridgehead atoms. The third-order valence-electron chi connectivity index (χ3n) is 3.24. The number of hydrogen-bond acceptors (Lipinski definition) is 4. The molecule has 5 nitrogen and oxygen atoms in total. The van der Waals surface area contributed by atoms with Crippen LogP contribution in [0.5, 0.6) is 11.5 Å². The fourth-order valence-electron chi connectivity index (χ4n) is 2.28. The van der Waals surface area contributed by atoms with Crippen LogP contribution in [0.1, 0.15) is 24.8 Å². The largest absolute Gasteiger partial charge is 0.573 e. The number of halogens is 6. The first-order valence-electron chi connectivity index (χ1n) is 6.91. The lowest BCUT2D eigenvalue weighted by Gasteiger charge is -2.23. The molecule has 0 aliphatic rings. The van der Waals surface area contributed by atoms with Gasteiger partial charge < -0.3 is 20.3 Å². The van der Waals surface area contributed by atoms with E-state index in [1.54, 1.807) is 0 Å². The molecule has 1 rings (SSSR count). The van der Waals surface area contributed by atoms with Crippen molar-refractivity contribution in [3.8, 4) is 11.5 Å². The van der Waals surface area contributed by atoms with Gasteiger partial charge in [0.25, 0.3) is 0 Å². The average Bonchev–Trinajstić information content (AvgIpc) is 2.40. The van der Waals surface area contributed by atoms with Crippen LogP contribution in [-0.2, 0) is 4.79 Å². The Kier molecular flexibility index (Phi) is 6.52. The Hall–Kier alpha value is -2.17. The van der Waals surface area contributed by atoms with Crippen molar-refractivity contribution in [1.29, 1.82) is 0 Å². The zero-order chi connectivity index (χ0) is 19.4. The van der Waals surface area contributed by atoms with Crippen LogP contribution in [0.15, 0.2) is 18.2 Å². The summed E-state index contributed by atoms with van der Waals surface area (Å²) in [4.78, 5) is 11.0. The van der Waals surface area contributed by atoms with E-state index in [0.717, 1.165) is 18.2 Å². The summed E-state index contributed by atoms with van der Waals surface area (Å²) in [5.74, 6) is -5.35. The van der Waals surface area contributed by atoms with Crippen LogP contribution in [0, 0.1) is 5.92 Å². The fourth-order valence-corrected chi connectivity index (χ4v) is 2.28. The van der Waals surface area contributed by atoms with Crippen LogP contribution in [-0.4, -0.2) is 30.3 Å². The second kappa shape index (κ2) is 7.81. The van der Waals surface area contributed by atoms with Crippen molar-refractivity contribution in [3.63, 3.8) is 0 Å². The predicted molar refractivity (Wildman–Crippen MR) is 73.0 cm³/mol. The summed E-state index contributed by atoms with van der Waals surface area (Å²) in [6.45, 7) is 0.921. The fraction of sp³-hybridized carbons (Fsp3) is 0.500.